The molecule has 0 heterocycles. The summed E-state index contributed by atoms with van der Waals surface area (Å²) in [5.74, 6) is -0.963. The average Bonchev–Trinajstić information content (AvgIpc) is 2.22. The molecule has 84 valence electrons. The van der Waals surface area contributed by atoms with Crippen molar-refractivity contribution in [1.82, 2.24) is 0 Å². The van der Waals surface area contributed by atoms with Crippen LogP contribution in [0.25, 0.3) is 0 Å². The zero-order chi connectivity index (χ0) is 11.3. The van der Waals surface area contributed by atoms with Crippen LogP contribution in [-0.2, 0) is 0 Å². The maximum absolute atomic E-state index is 13.0. The van der Waals surface area contributed by atoms with Crippen LogP contribution >= 0.6 is 0 Å². The summed E-state index contributed by atoms with van der Waals surface area (Å²) < 4.78 is 13.0. The summed E-state index contributed by atoms with van der Waals surface area (Å²) in [6, 6.07) is 4.06. The van der Waals surface area contributed by atoms with E-state index in [-0.39, 0.29) is 11.8 Å². The van der Waals surface area contributed by atoms with Gasteiger partial charge in [0.15, 0.2) is 11.6 Å². The van der Waals surface area contributed by atoms with Crippen molar-refractivity contribution in [2.24, 2.45) is 11.5 Å². The first-order valence-corrected chi connectivity index (χ1v) is 5.09. The van der Waals surface area contributed by atoms with Gasteiger partial charge in [-0.15, -0.1) is 0 Å². The first kappa shape index (κ1) is 11.9. The minimum atomic E-state index is -0.623. The van der Waals surface area contributed by atoms with Crippen molar-refractivity contribution < 1.29 is 9.50 Å². The first-order valence-electron chi connectivity index (χ1n) is 5.09. The Morgan fingerprint density at radius 1 is 1.33 bits per heavy atom. The lowest BCUT2D eigenvalue weighted by Gasteiger charge is -2.11. The molecule has 1 atom stereocenters. The minimum Gasteiger partial charge on any atom is -0.505 e. The predicted molar refractivity (Wildman–Crippen MR) is 57.9 cm³/mol. The Morgan fingerprint density at radius 2 is 2.07 bits per heavy atom. The predicted octanol–water partition coefficient (Wildman–Crippen LogP) is 1.66. The number of hydrogen-bond acceptors (Lipinski definition) is 3. The highest BCUT2D eigenvalue weighted by Crippen LogP contribution is 2.22. The van der Waals surface area contributed by atoms with Crippen molar-refractivity contribution in [3.63, 3.8) is 0 Å². The van der Waals surface area contributed by atoms with Gasteiger partial charge in [0.2, 0.25) is 0 Å². The normalized spacial score (nSPS) is 12.7. The third kappa shape index (κ3) is 3.49. The first-order chi connectivity index (χ1) is 7.15. The van der Waals surface area contributed by atoms with E-state index in [0.717, 1.165) is 19.3 Å². The highest BCUT2D eigenvalue weighted by molar-refractivity contribution is 5.29. The van der Waals surface area contributed by atoms with Gasteiger partial charge in [0.05, 0.1) is 0 Å². The quantitative estimate of drug-likeness (QED) is 0.650. The topological polar surface area (TPSA) is 72.3 Å². The van der Waals surface area contributed by atoms with Gasteiger partial charge in [-0.3, -0.25) is 0 Å². The number of phenols is 1. The highest BCUT2D eigenvalue weighted by atomic mass is 19.1. The summed E-state index contributed by atoms with van der Waals surface area (Å²) >= 11 is 0. The monoisotopic (exact) mass is 212 g/mol. The zero-order valence-electron chi connectivity index (χ0n) is 8.62. The van der Waals surface area contributed by atoms with E-state index in [1.165, 1.54) is 12.1 Å². The molecule has 15 heavy (non-hydrogen) atoms. The van der Waals surface area contributed by atoms with Crippen molar-refractivity contribution >= 4 is 0 Å². The number of nitrogens with two attached hydrogens (primary N) is 2. The number of halogens is 1. The van der Waals surface area contributed by atoms with Crippen molar-refractivity contribution in [2.75, 3.05) is 6.54 Å². The third-order valence-electron chi connectivity index (χ3n) is 2.37. The fourth-order valence-electron chi connectivity index (χ4n) is 1.43. The maximum Gasteiger partial charge on any atom is 0.165 e. The maximum atomic E-state index is 13.0. The second-order valence-electron chi connectivity index (χ2n) is 3.60. The molecule has 0 aliphatic carbocycles. The molecular formula is C11H17FN2O. The molecule has 0 aliphatic heterocycles. The SMILES string of the molecule is NCCCC[C@@H](N)c1ccc(O)c(F)c1. The lowest BCUT2D eigenvalue weighted by molar-refractivity contribution is 0.431. The minimum absolute atomic E-state index is 0.188. The van der Waals surface area contributed by atoms with E-state index >= 15 is 0 Å². The summed E-state index contributed by atoms with van der Waals surface area (Å²) in [4.78, 5) is 0. The van der Waals surface area contributed by atoms with Crippen LogP contribution in [0.4, 0.5) is 4.39 Å². The van der Waals surface area contributed by atoms with Crippen LogP contribution in [0.2, 0.25) is 0 Å². The van der Waals surface area contributed by atoms with E-state index in [1.54, 1.807) is 6.07 Å². The van der Waals surface area contributed by atoms with E-state index in [2.05, 4.69) is 0 Å². The number of unbranched alkanes of at least 4 members (excludes halogenated alkanes) is 1. The summed E-state index contributed by atoms with van der Waals surface area (Å²) in [5, 5.41) is 9.01. The molecule has 0 saturated carbocycles. The molecule has 0 unspecified atom stereocenters. The second-order valence-corrected chi connectivity index (χ2v) is 3.60. The number of rotatable bonds is 5. The van der Waals surface area contributed by atoms with E-state index in [1.807, 2.05) is 0 Å². The van der Waals surface area contributed by atoms with Crippen LogP contribution in [0.3, 0.4) is 0 Å². The van der Waals surface area contributed by atoms with Crippen molar-refractivity contribution in [1.29, 1.82) is 0 Å². The second kappa shape index (κ2) is 5.68. The van der Waals surface area contributed by atoms with Gasteiger partial charge in [0.25, 0.3) is 0 Å². The van der Waals surface area contributed by atoms with Gasteiger partial charge in [-0.25, -0.2) is 4.39 Å². The fourth-order valence-corrected chi connectivity index (χ4v) is 1.43. The van der Waals surface area contributed by atoms with Crippen LogP contribution in [-0.4, -0.2) is 11.7 Å². The van der Waals surface area contributed by atoms with E-state index in [9.17, 15) is 4.39 Å². The van der Waals surface area contributed by atoms with E-state index in [0.29, 0.717) is 12.1 Å². The molecule has 0 radical (unpaired) electrons. The number of benzene rings is 1. The number of aromatic hydroxyl groups is 1. The van der Waals surface area contributed by atoms with Gasteiger partial charge in [0.1, 0.15) is 0 Å². The van der Waals surface area contributed by atoms with Crippen molar-refractivity contribution in [3.8, 4) is 5.75 Å². The molecule has 0 aromatic heterocycles. The summed E-state index contributed by atoms with van der Waals surface area (Å²) in [7, 11) is 0. The Balaban J connectivity index is 2.57. The number of phenolic OH excluding ortho intramolecular Hbond substituents is 1. The van der Waals surface area contributed by atoms with Crippen molar-refractivity contribution in [3.05, 3.63) is 29.6 Å². The van der Waals surface area contributed by atoms with Gasteiger partial charge in [-0.05, 0) is 37.1 Å². The Hall–Kier alpha value is -1.13. The molecule has 1 aromatic rings. The van der Waals surface area contributed by atoms with Crippen molar-refractivity contribution in [2.45, 2.75) is 25.3 Å². The highest BCUT2D eigenvalue weighted by Gasteiger charge is 2.08. The molecule has 5 N–H and O–H groups in total. The lowest BCUT2D eigenvalue weighted by atomic mass is 10.0. The van der Waals surface area contributed by atoms with E-state index < -0.39 is 5.82 Å². The van der Waals surface area contributed by atoms with Gasteiger partial charge < -0.3 is 16.6 Å². The van der Waals surface area contributed by atoms with E-state index in [4.69, 9.17) is 16.6 Å². The Morgan fingerprint density at radius 3 is 2.67 bits per heavy atom. The molecule has 0 spiro atoms. The van der Waals surface area contributed by atoms with Gasteiger partial charge >= 0.3 is 0 Å². The average molecular weight is 212 g/mol. The molecular weight excluding hydrogens is 195 g/mol. The lowest BCUT2D eigenvalue weighted by Crippen LogP contribution is -2.11. The molecule has 4 heteroatoms. The largest absolute Gasteiger partial charge is 0.505 e. The molecule has 0 aliphatic rings. The molecule has 1 aromatic carbocycles. The third-order valence-corrected chi connectivity index (χ3v) is 2.37. The molecule has 0 fully saturated rings. The molecule has 3 nitrogen and oxygen atoms in total. The standard InChI is InChI=1S/C11H17FN2O/c12-9-7-8(4-5-11(9)15)10(14)3-1-2-6-13/h4-5,7,10,15H,1-3,6,13-14H2/t10-/m1/s1. The van der Waals surface area contributed by atoms with Gasteiger partial charge in [0, 0.05) is 6.04 Å². The summed E-state index contributed by atoms with van der Waals surface area (Å²) in [5.41, 5.74) is 11.9. The molecule has 0 amide bonds. The summed E-state index contributed by atoms with van der Waals surface area (Å²) in [6.07, 6.45) is 2.63. The van der Waals surface area contributed by atoms with Crippen LogP contribution in [0.5, 0.6) is 5.75 Å². The Labute approximate surface area is 88.9 Å². The zero-order valence-corrected chi connectivity index (χ0v) is 8.62. The number of hydrogen-bond donors (Lipinski definition) is 3. The molecule has 0 saturated heterocycles. The fraction of sp³-hybridized carbons (Fsp3) is 0.455. The molecule has 0 bridgehead atoms. The molecule has 1 rings (SSSR count). The van der Waals surface area contributed by atoms with Crippen LogP contribution < -0.4 is 11.5 Å². The van der Waals surface area contributed by atoms with Gasteiger partial charge in [-0.2, -0.15) is 0 Å². The van der Waals surface area contributed by atoms with Crippen LogP contribution in [0, 0.1) is 5.82 Å². The Bertz CT molecular complexity index is 317. The summed E-state index contributed by atoms with van der Waals surface area (Å²) in [6.45, 7) is 0.649. The smallest absolute Gasteiger partial charge is 0.165 e. The van der Waals surface area contributed by atoms with Gasteiger partial charge in [-0.1, -0.05) is 12.5 Å². The van der Waals surface area contributed by atoms with Crippen LogP contribution in [0.1, 0.15) is 30.9 Å². The van der Waals surface area contributed by atoms with Crippen LogP contribution in [0.15, 0.2) is 18.2 Å². The Kier molecular flexibility index (Phi) is 4.52.